The number of halogens is 1. The van der Waals surface area contributed by atoms with Gasteiger partial charge in [-0.15, -0.1) is 11.3 Å². The van der Waals surface area contributed by atoms with Crippen molar-refractivity contribution in [3.63, 3.8) is 0 Å². The summed E-state index contributed by atoms with van der Waals surface area (Å²) in [6, 6.07) is 2.99. The first kappa shape index (κ1) is 19.3. The maximum Gasteiger partial charge on any atom is 0.229 e. The topological polar surface area (TPSA) is 139 Å². The molecular weight excluding hydrogens is 428 g/mol. The monoisotopic (exact) mass is 444 g/mol. The minimum Gasteiger partial charge on any atom is -0.389 e. The number of hydrogen-bond acceptors (Lipinski definition) is 8. The number of nitrogens with zero attached hydrogens (tertiary/aromatic N) is 4. The van der Waals surface area contributed by atoms with Gasteiger partial charge in [0.05, 0.1) is 33.1 Å². The van der Waals surface area contributed by atoms with E-state index in [1.807, 2.05) is 0 Å². The molecule has 2 saturated carbocycles. The zero-order valence-corrected chi connectivity index (χ0v) is 17.3. The molecule has 5 N–H and O–H groups in total. The van der Waals surface area contributed by atoms with E-state index in [2.05, 4.69) is 32.1 Å². The first-order chi connectivity index (χ1) is 14.4. The molecule has 3 aromatic heterocycles. The fourth-order valence-corrected chi connectivity index (χ4v) is 5.39. The van der Waals surface area contributed by atoms with Crippen LogP contribution < -0.4 is 11.1 Å². The van der Waals surface area contributed by atoms with E-state index in [0.717, 1.165) is 4.88 Å². The molecule has 0 saturated heterocycles. The Labute approximate surface area is 179 Å². The van der Waals surface area contributed by atoms with E-state index < -0.39 is 23.7 Å². The number of carbonyl (C=O) groups is 1. The van der Waals surface area contributed by atoms with Crippen LogP contribution in [0.15, 0.2) is 18.5 Å². The molecule has 3 aromatic rings. The Kier molecular flexibility index (Phi) is 4.27. The number of amides is 1. The van der Waals surface area contributed by atoms with E-state index in [1.165, 1.54) is 24.7 Å². The van der Waals surface area contributed by atoms with Crippen molar-refractivity contribution >= 4 is 45.8 Å². The number of hydrogen-bond donors (Lipinski definition) is 4. The smallest absolute Gasteiger partial charge is 0.229 e. The van der Waals surface area contributed by atoms with Crippen LogP contribution in [0.1, 0.15) is 23.2 Å². The maximum absolute atomic E-state index is 12.4. The Balaban J connectivity index is 1.56. The number of rotatable bonds is 2. The van der Waals surface area contributed by atoms with Gasteiger partial charge in [-0.1, -0.05) is 11.6 Å². The van der Waals surface area contributed by atoms with Crippen molar-refractivity contribution in [3.05, 3.63) is 33.5 Å². The van der Waals surface area contributed by atoms with E-state index in [4.69, 9.17) is 17.3 Å². The number of fused-ring (bicyclic) bond motifs is 2. The molecule has 0 aromatic carbocycles. The van der Waals surface area contributed by atoms with Crippen LogP contribution >= 0.6 is 22.9 Å². The largest absolute Gasteiger partial charge is 0.389 e. The number of aromatic nitrogens is 4. The van der Waals surface area contributed by atoms with Gasteiger partial charge in [0.2, 0.25) is 11.7 Å². The summed E-state index contributed by atoms with van der Waals surface area (Å²) in [5, 5.41) is 23.9. The molecule has 5 rings (SSSR count). The van der Waals surface area contributed by atoms with E-state index in [1.54, 1.807) is 16.7 Å². The number of thiophene rings is 1. The van der Waals surface area contributed by atoms with E-state index in [-0.39, 0.29) is 23.5 Å². The summed E-state index contributed by atoms with van der Waals surface area (Å²) < 4.78 is 2.29. The first-order valence-corrected chi connectivity index (χ1v) is 10.4. The molecule has 11 heteroatoms. The van der Waals surface area contributed by atoms with Gasteiger partial charge in [-0.2, -0.15) is 0 Å². The summed E-state index contributed by atoms with van der Waals surface area (Å²) >= 11 is 7.27. The van der Waals surface area contributed by atoms with Crippen LogP contribution in [0.25, 0.3) is 11.2 Å². The van der Waals surface area contributed by atoms with Crippen LogP contribution in [0, 0.1) is 23.2 Å². The summed E-state index contributed by atoms with van der Waals surface area (Å²) in [6.07, 6.45) is -0.337. The molecule has 0 radical (unpaired) electrons. The highest BCUT2D eigenvalue weighted by Gasteiger charge is 2.75. The van der Waals surface area contributed by atoms with Gasteiger partial charge in [-0.25, -0.2) is 15.0 Å². The summed E-state index contributed by atoms with van der Waals surface area (Å²) in [4.78, 5) is 26.1. The van der Waals surface area contributed by atoms with Crippen LogP contribution in [-0.4, -0.2) is 54.9 Å². The second kappa shape index (κ2) is 6.65. The van der Waals surface area contributed by atoms with Crippen molar-refractivity contribution in [1.29, 1.82) is 0 Å². The molecule has 2 aliphatic carbocycles. The van der Waals surface area contributed by atoms with E-state index in [9.17, 15) is 15.0 Å². The number of aliphatic hydroxyl groups is 2. The Morgan fingerprint density at radius 2 is 2.20 bits per heavy atom. The van der Waals surface area contributed by atoms with Crippen molar-refractivity contribution in [1.82, 2.24) is 24.8 Å². The third kappa shape index (κ3) is 2.63. The number of imidazole rings is 1. The zero-order chi connectivity index (χ0) is 21.2. The molecule has 1 amide bonds. The number of nitrogens with two attached hydrogens (primary N) is 1. The molecule has 2 fully saturated rings. The van der Waals surface area contributed by atoms with Crippen molar-refractivity contribution < 1.29 is 15.0 Å². The maximum atomic E-state index is 12.4. The van der Waals surface area contributed by atoms with Crippen LogP contribution in [0.2, 0.25) is 4.34 Å². The predicted molar refractivity (Wildman–Crippen MR) is 111 cm³/mol. The second-order valence-corrected chi connectivity index (χ2v) is 9.18. The van der Waals surface area contributed by atoms with Crippen molar-refractivity contribution in [2.45, 2.75) is 24.7 Å². The SMILES string of the molecule is CNC(=O)[C@@]12C[C@@H]1[C@@H](n1cnc3c(N)nc(C#Cc4ccc(Cl)s4)nc31)C(O)C2O. The Hall–Kier alpha value is -2.71. The number of carbonyl (C=O) groups excluding carboxylic acids is 1. The van der Waals surface area contributed by atoms with E-state index >= 15 is 0 Å². The van der Waals surface area contributed by atoms with Crippen molar-refractivity contribution in [2.75, 3.05) is 12.8 Å². The highest BCUT2D eigenvalue weighted by atomic mass is 35.5. The molecule has 30 heavy (non-hydrogen) atoms. The minimum absolute atomic E-state index is 0.161. The number of nitrogens with one attached hydrogen (secondary N) is 1. The Morgan fingerprint density at radius 1 is 1.40 bits per heavy atom. The fraction of sp³-hybridized carbons (Fsp3) is 0.368. The Morgan fingerprint density at radius 3 is 2.90 bits per heavy atom. The lowest BCUT2D eigenvalue weighted by molar-refractivity contribution is -0.132. The lowest BCUT2D eigenvalue weighted by Gasteiger charge is -2.23. The standard InChI is InChI=1S/C19H17ClN6O3S/c1-22-18(29)19-6-9(19)13(14(27)15(19)28)26-7-23-12-16(21)24-11(25-17(12)26)5-3-8-2-4-10(20)30-8/h2,4,7,9,13-15,27-28H,6H2,1H3,(H,22,29)(H2,21,24,25)/t9-,13-,14?,15?,19+/m1/s1. The molecule has 2 unspecified atom stereocenters. The van der Waals surface area contributed by atoms with Crippen LogP contribution in [-0.2, 0) is 4.79 Å². The van der Waals surface area contributed by atoms with Gasteiger partial charge in [-0.05, 0) is 30.4 Å². The molecule has 9 nitrogen and oxygen atoms in total. The van der Waals surface area contributed by atoms with Gasteiger partial charge in [0.25, 0.3) is 0 Å². The molecular formula is C19H17ClN6O3S. The van der Waals surface area contributed by atoms with Crippen LogP contribution in [0.5, 0.6) is 0 Å². The summed E-state index contributed by atoms with van der Waals surface area (Å²) in [6.45, 7) is 0. The number of nitrogen functional groups attached to an aromatic ring is 1. The van der Waals surface area contributed by atoms with Gasteiger partial charge < -0.3 is 25.8 Å². The minimum atomic E-state index is -1.17. The third-order valence-corrected chi connectivity index (χ3v) is 7.11. The van der Waals surface area contributed by atoms with Crippen LogP contribution in [0.4, 0.5) is 5.82 Å². The number of aliphatic hydroxyl groups excluding tert-OH is 2. The van der Waals surface area contributed by atoms with E-state index in [0.29, 0.717) is 21.9 Å². The van der Waals surface area contributed by atoms with Gasteiger partial charge in [0.1, 0.15) is 11.6 Å². The lowest BCUT2D eigenvalue weighted by Crippen LogP contribution is -2.41. The molecule has 0 spiro atoms. The van der Waals surface area contributed by atoms with Crippen molar-refractivity contribution in [3.8, 4) is 11.8 Å². The van der Waals surface area contributed by atoms with Crippen molar-refractivity contribution in [2.24, 2.45) is 11.3 Å². The summed E-state index contributed by atoms with van der Waals surface area (Å²) in [5.74, 6) is 5.67. The highest BCUT2D eigenvalue weighted by molar-refractivity contribution is 7.16. The normalized spacial score (nSPS) is 29.3. The highest BCUT2D eigenvalue weighted by Crippen LogP contribution is 2.67. The third-order valence-electron chi connectivity index (χ3n) is 5.96. The first-order valence-electron chi connectivity index (χ1n) is 9.22. The van der Waals surface area contributed by atoms with Gasteiger partial charge in [0.15, 0.2) is 11.5 Å². The quantitative estimate of drug-likeness (QED) is 0.423. The number of anilines is 1. The van der Waals surface area contributed by atoms with Gasteiger partial charge >= 0.3 is 0 Å². The van der Waals surface area contributed by atoms with Crippen LogP contribution in [0.3, 0.4) is 0 Å². The molecule has 0 bridgehead atoms. The Bertz CT molecular complexity index is 1250. The molecule has 5 atom stereocenters. The average molecular weight is 445 g/mol. The predicted octanol–water partition coefficient (Wildman–Crippen LogP) is 0.552. The summed E-state index contributed by atoms with van der Waals surface area (Å²) in [7, 11) is 1.52. The molecule has 3 heterocycles. The molecule has 2 aliphatic rings. The molecule has 0 aliphatic heterocycles. The average Bonchev–Trinajstić information content (AvgIpc) is 2.98. The second-order valence-electron chi connectivity index (χ2n) is 7.47. The lowest BCUT2D eigenvalue weighted by atomic mass is 9.98. The fourth-order valence-electron chi connectivity index (χ4n) is 4.50. The zero-order valence-electron chi connectivity index (χ0n) is 15.7. The van der Waals surface area contributed by atoms with Gasteiger partial charge in [0, 0.05) is 13.0 Å². The summed E-state index contributed by atoms with van der Waals surface area (Å²) in [5.41, 5.74) is 5.83. The molecule has 154 valence electrons. The van der Waals surface area contributed by atoms with Gasteiger partial charge in [-0.3, -0.25) is 4.79 Å².